The van der Waals surface area contributed by atoms with Crippen LogP contribution in [0.5, 0.6) is 5.75 Å². The van der Waals surface area contributed by atoms with Crippen molar-refractivity contribution in [2.75, 3.05) is 12.8 Å². The molecule has 2 aromatic rings. The molecule has 0 spiro atoms. The molecule has 4 nitrogen and oxygen atoms in total. The van der Waals surface area contributed by atoms with Crippen LogP contribution in [0.1, 0.15) is 12.7 Å². The van der Waals surface area contributed by atoms with E-state index in [2.05, 4.69) is 4.98 Å². The Kier molecular flexibility index (Phi) is 3.48. The highest BCUT2D eigenvalue weighted by Gasteiger charge is 2.13. The highest BCUT2D eigenvalue weighted by atomic mass is 35.5. The molecule has 0 aliphatic rings. The van der Waals surface area contributed by atoms with Crippen LogP contribution >= 0.6 is 11.6 Å². The van der Waals surface area contributed by atoms with Crippen molar-refractivity contribution in [2.24, 2.45) is 7.05 Å². The smallest absolute Gasteiger partial charge is 0.137 e. The Morgan fingerprint density at radius 2 is 2.17 bits per heavy atom. The quantitative estimate of drug-likeness (QED) is 0.928. The van der Waals surface area contributed by atoms with Gasteiger partial charge < -0.3 is 15.0 Å². The topological polar surface area (TPSA) is 53.1 Å². The Labute approximate surface area is 111 Å². The van der Waals surface area contributed by atoms with Crippen molar-refractivity contribution in [1.82, 2.24) is 9.55 Å². The molecule has 0 fully saturated rings. The molecule has 0 bridgehead atoms. The maximum absolute atomic E-state index is 6.11. The zero-order valence-corrected chi connectivity index (χ0v) is 11.5. The third-order valence-electron chi connectivity index (χ3n) is 2.97. The van der Waals surface area contributed by atoms with Gasteiger partial charge in [-0.1, -0.05) is 18.5 Å². The van der Waals surface area contributed by atoms with Crippen LogP contribution in [0.4, 0.5) is 5.82 Å². The van der Waals surface area contributed by atoms with Gasteiger partial charge in [0.25, 0.3) is 0 Å². The van der Waals surface area contributed by atoms with E-state index in [-0.39, 0.29) is 0 Å². The van der Waals surface area contributed by atoms with Crippen molar-refractivity contribution in [2.45, 2.75) is 13.3 Å². The van der Waals surface area contributed by atoms with Gasteiger partial charge in [0.1, 0.15) is 23.1 Å². The van der Waals surface area contributed by atoms with Gasteiger partial charge in [0.2, 0.25) is 0 Å². The van der Waals surface area contributed by atoms with Crippen LogP contribution in [0.25, 0.3) is 11.3 Å². The number of rotatable bonds is 3. The molecule has 0 aliphatic heterocycles. The molecule has 0 radical (unpaired) electrons. The predicted octanol–water partition coefficient (Wildman–Crippen LogP) is 2.89. The normalized spacial score (nSPS) is 10.7. The number of nitrogen functional groups attached to an aromatic ring is 1. The summed E-state index contributed by atoms with van der Waals surface area (Å²) in [5.41, 5.74) is 7.72. The number of methoxy groups -OCH3 is 1. The number of hydrogen-bond acceptors (Lipinski definition) is 3. The molecule has 1 aromatic carbocycles. The summed E-state index contributed by atoms with van der Waals surface area (Å²) >= 11 is 6.11. The van der Waals surface area contributed by atoms with Crippen LogP contribution in [-0.2, 0) is 13.5 Å². The number of halogens is 1. The lowest BCUT2D eigenvalue weighted by molar-refractivity contribution is 0.415. The van der Waals surface area contributed by atoms with Gasteiger partial charge in [0, 0.05) is 19.0 Å². The number of imidazole rings is 1. The van der Waals surface area contributed by atoms with Gasteiger partial charge >= 0.3 is 0 Å². The Balaban J connectivity index is 2.52. The lowest BCUT2D eigenvalue weighted by Crippen LogP contribution is -2.00. The van der Waals surface area contributed by atoms with E-state index in [1.807, 2.05) is 36.7 Å². The Hall–Kier alpha value is -1.68. The fourth-order valence-corrected chi connectivity index (χ4v) is 2.16. The van der Waals surface area contributed by atoms with E-state index in [4.69, 9.17) is 22.1 Å². The van der Waals surface area contributed by atoms with E-state index in [9.17, 15) is 0 Å². The van der Waals surface area contributed by atoms with Gasteiger partial charge in [-0.15, -0.1) is 0 Å². The molecule has 0 saturated heterocycles. The molecule has 18 heavy (non-hydrogen) atoms. The molecule has 96 valence electrons. The Bertz CT molecular complexity index is 578. The van der Waals surface area contributed by atoms with Gasteiger partial charge in [0.15, 0.2) is 0 Å². The zero-order valence-electron chi connectivity index (χ0n) is 10.7. The first-order valence-corrected chi connectivity index (χ1v) is 6.11. The average molecular weight is 266 g/mol. The van der Waals surface area contributed by atoms with Crippen LogP contribution in [0, 0.1) is 0 Å². The third kappa shape index (κ3) is 2.04. The van der Waals surface area contributed by atoms with Crippen LogP contribution in [-0.4, -0.2) is 16.7 Å². The van der Waals surface area contributed by atoms with Crippen LogP contribution in [0.2, 0.25) is 5.02 Å². The van der Waals surface area contributed by atoms with Gasteiger partial charge in [0.05, 0.1) is 12.1 Å². The van der Waals surface area contributed by atoms with Gasteiger partial charge in [-0.25, -0.2) is 4.98 Å². The number of anilines is 1. The predicted molar refractivity (Wildman–Crippen MR) is 74.0 cm³/mol. The minimum absolute atomic E-state index is 0.554. The summed E-state index contributed by atoms with van der Waals surface area (Å²) in [6, 6.07) is 5.54. The molecule has 1 heterocycles. The van der Waals surface area contributed by atoms with E-state index >= 15 is 0 Å². The summed E-state index contributed by atoms with van der Waals surface area (Å²) < 4.78 is 7.02. The molecule has 5 heteroatoms. The van der Waals surface area contributed by atoms with E-state index in [0.29, 0.717) is 16.6 Å². The van der Waals surface area contributed by atoms with Crippen molar-refractivity contribution in [1.29, 1.82) is 0 Å². The van der Waals surface area contributed by atoms with Crippen LogP contribution in [0.15, 0.2) is 18.2 Å². The summed E-state index contributed by atoms with van der Waals surface area (Å²) in [6.07, 6.45) is 0.838. The standard InChI is InChI=1S/C13H16ClN3O/c1-4-11-16-12(13(15)17(11)2)8-5-6-10(18-3)9(14)7-8/h5-7H,4,15H2,1-3H3. The van der Waals surface area contributed by atoms with Crippen molar-refractivity contribution in [3.8, 4) is 17.0 Å². The first-order chi connectivity index (χ1) is 8.58. The first-order valence-electron chi connectivity index (χ1n) is 5.73. The van der Waals surface area contributed by atoms with Gasteiger partial charge in [-0.05, 0) is 18.2 Å². The molecule has 1 aromatic heterocycles. The van der Waals surface area contributed by atoms with E-state index in [1.165, 1.54) is 0 Å². The van der Waals surface area contributed by atoms with Gasteiger partial charge in [-0.2, -0.15) is 0 Å². The minimum Gasteiger partial charge on any atom is -0.495 e. The Morgan fingerprint density at radius 3 is 2.67 bits per heavy atom. The number of aryl methyl sites for hydroxylation is 1. The fourth-order valence-electron chi connectivity index (χ4n) is 1.90. The van der Waals surface area contributed by atoms with E-state index < -0.39 is 0 Å². The highest BCUT2D eigenvalue weighted by molar-refractivity contribution is 6.32. The fraction of sp³-hybridized carbons (Fsp3) is 0.308. The number of benzene rings is 1. The molecule has 2 N–H and O–H groups in total. The van der Waals surface area contributed by atoms with Crippen LogP contribution in [0.3, 0.4) is 0 Å². The van der Waals surface area contributed by atoms with Crippen molar-refractivity contribution in [3.05, 3.63) is 29.0 Å². The lowest BCUT2D eigenvalue weighted by Gasteiger charge is -2.05. The summed E-state index contributed by atoms with van der Waals surface area (Å²) in [5, 5.41) is 0.554. The first kappa shape index (κ1) is 12.8. The van der Waals surface area contributed by atoms with Gasteiger partial charge in [-0.3, -0.25) is 0 Å². The highest BCUT2D eigenvalue weighted by Crippen LogP contribution is 2.32. The van der Waals surface area contributed by atoms with Crippen LogP contribution < -0.4 is 10.5 Å². The number of ether oxygens (including phenoxy) is 1. The summed E-state index contributed by atoms with van der Waals surface area (Å²) in [5.74, 6) is 2.24. The zero-order chi connectivity index (χ0) is 13.3. The molecular weight excluding hydrogens is 250 g/mol. The number of nitrogens with two attached hydrogens (primary N) is 1. The van der Waals surface area contributed by atoms with Crippen molar-refractivity contribution < 1.29 is 4.74 Å². The monoisotopic (exact) mass is 265 g/mol. The molecule has 2 rings (SSSR count). The van der Waals surface area contributed by atoms with Crippen molar-refractivity contribution in [3.63, 3.8) is 0 Å². The number of hydrogen-bond donors (Lipinski definition) is 1. The molecule has 0 atom stereocenters. The third-order valence-corrected chi connectivity index (χ3v) is 3.27. The molecule has 0 unspecified atom stereocenters. The number of aromatic nitrogens is 2. The molecule has 0 saturated carbocycles. The maximum Gasteiger partial charge on any atom is 0.137 e. The maximum atomic E-state index is 6.11. The second-order valence-electron chi connectivity index (χ2n) is 4.02. The second-order valence-corrected chi connectivity index (χ2v) is 4.43. The lowest BCUT2D eigenvalue weighted by atomic mass is 10.1. The summed E-state index contributed by atoms with van der Waals surface area (Å²) in [4.78, 5) is 4.53. The van der Waals surface area contributed by atoms with Crippen molar-refractivity contribution >= 4 is 17.4 Å². The summed E-state index contributed by atoms with van der Waals surface area (Å²) in [6.45, 7) is 2.05. The number of nitrogens with zero attached hydrogens (tertiary/aromatic N) is 2. The minimum atomic E-state index is 0.554. The average Bonchev–Trinajstić information content (AvgIpc) is 2.66. The molecule has 0 amide bonds. The van der Waals surface area contributed by atoms with E-state index in [1.54, 1.807) is 7.11 Å². The molecule has 0 aliphatic carbocycles. The largest absolute Gasteiger partial charge is 0.495 e. The Morgan fingerprint density at radius 1 is 1.44 bits per heavy atom. The van der Waals surface area contributed by atoms with E-state index in [0.717, 1.165) is 23.5 Å². The second kappa shape index (κ2) is 4.90. The molecular formula is C13H16ClN3O. The SMILES string of the molecule is CCc1nc(-c2ccc(OC)c(Cl)c2)c(N)n1C. The summed E-state index contributed by atoms with van der Waals surface area (Å²) in [7, 11) is 3.50.